The number of hydrogen-bond donors (Lipinski definition) is 1. The standard InChI is InChI=1S/C17H20N2O2/c1-12-4-6-14(7-5-12)13(2)18-11-16-9-8-15(10-19-16)17(20)21-3/h4-10,13,18H,11H2,1-3H3/t13-/m0/s1. The first-order valence-electron chi connectivity index (χ1n) is 6.93. The SMILES string of the molecule is COC(=O)c1ccc(CN[C@@H](C)c2ccc(C)cc2)nc1. The van der Waals surface area contributed by atoms with Gasteiger partial charge < -0.3 is 10.1 Å². The summed E-state index contributed by atoms with van der Waals surface area (Å²) in [6.07, 6.45) is 1.54. The van der Waals surface area contributed by atoms with Gasteiger partial charge in [-0.05, 0) is 31.5 Å². The summed E-state index contributed by atoms with van der Waals surface area (Å²) in [6.45, 7) is 4.85. The molecule has 1 N–H and O–H groups in total. The molecule has 0 amide bonds. The van der Waals surface area contributed by atoms with Crippen molar-refractivity contribution in [1.82, 2.24) is 10.3 Å². The van der Waals surface area contributed by atoms with E-state index in [2.05, 4.69) is 53.2 Å². The highest BCUT2D eigenvalue weighted by Crippen LogP contribution is 2.13. The Morgan fingerprint density at radius 2 is 1.95 bits per heavy atom. The summed E-state index contributed by atoms with van der Waals surface area (Å²) in [5.41, 5.74) is 3.85. The third kappa shape index (κ3) is 4.13. The van der Waals surface area contributed by atoms with E-state index < -0.39 is 0 Å². The van der Waals surface area contributed by atoms with Gasteiger partial charge in [0.1, 0.15) is 0 Å². The molecule has 0 saturated heterocycles. The van der Waals surface area contributed by atoms with Crippen LogP contribution in [0, 0.1) is 6.92 Å². The van der Waals surface area contributed by atoms with Crippen LogP contribution in [0.5, 0.6) is 0 Å². The van der Waals surface area contributed by atoms with Gasteiger partial charge in [0, 0.05) is 18.8 Å². The fraction of sp³-hybridized carbons (Fsp3) is 0.294. The number of hydrogen-bond acceptors (Lipinski definition) is 4. The van der Waals surface area contributed by atoms with Gasteiger partial charge in [-0.15, -0.1) is 0 Å². The third-order valence-electron chi connectivity index (χ3n) is 3.41. The number of methoxy groups -OCH3 is 1. The zero-order valence-electron chi connectivity index (χ0n) is 12.6. The molecule has 1 heterocycles. The number of pyridine rings is 1. The number of carbonyl (C=O) groups excluding carboxylic acids is 1. The number of rotatable bonds is 5. The Hall–Kier alpha value is -2.20. The number of benzene rings is 1. The molecular weight excluding hydrogens is 264 g/mol. The Morgan fingerprint density at radius 3 is 2.52 bits per heavy atom. The number of carbonyl (C=O) groups is 1. The van der Waals surface area contributed by atoms with Crippen LogP contribution in [0.4, 0.5) is 0 Å². The Bertz CT molecular complexity index is 591. The number of esters is 1. The van der Waals surface area contributed by atoms with Gasteiger partial charge in [0.05, 0.1) is 18.4 Å². The van der Waals surface area contributed by atoms with E-state index in [9.17, 15) is 4.79 Å². The van der Waals surface area contributed by atoms with E-state index in [0.29, 0.717) is 12.1 Å². The molecule has 1 atom stereocenters. The van der Waals surface area contributed by atoms with Crippen molar-refractivity contribution in [2.45, 2.75) is 26.4 Å². The van der Waals surface area contributed by atoms with Gasteiger partial charge in [-0.2, -0.15) is 0 Å². The monoisotopic (exact) mass is 284 g/mol. The lowest BCUT2D eigenvalue weighted by Gasteiger charge is -2.14. The molecule has 4 heteroatoms. The molecule has 1 aromatic heterocycles. The molecule has 0 aliphatic rings. The lowest BCUT2D eigenvalue weighted by molar-refractivity contribution is 0.0600. The first-order valence-corrected chi connectivity index (χ1v) is 6.93. The van der Waals surface area contributed by atoms with Crippen LogP contribution in [0.25, 0.3) is 0 Å². The molecule has 1 aromatic carbocycles. The molecule has 0 saturated carbocycles. The minimum Gasteiger partial charge on any atom is -0.465 e. The van der Waals surface area contributed by atoms with Crippen molar-refractivity contribution in [3.8, 4) is 0 Å². The van der Waals surface area contributed by atoms with Crippen LogP contribution in [0.3, 0.4) is 0 Å². The smallest absolute Gasteiger partial charge is 0.339 e. The zero-order chi connectivity index (χ0) is 15.2. The second-order valence-corrected chi connectivity index (χ2v) is 5.04. The van der Waals surface area contributed by atoms with Gasteiger partial charge in [0.15, 0.2) is 0 Å². The molecule has 0 spiro atoms. The number of ether oxygens (including phenoxy) is 1. The van der Waals surface area contributed by atoms with Crippen LogP contribution in [-0.4, -0.2) is 18.1 Å². The van der Waals surface area contributed by atoms with Crippen LogP contribution >= 0.6 is 0 Å². The van der Waals surface area contributed by atoms with Crippen LogP contribution in [0.1, 0.15) is 40.1 Å². The van der Waals surface area contributed by atoms with Crippen LogP contribution in [0.15, 0.2) is 42.6 Å². The molecular formula is C17H20N2O2. The summed E-state index contributed by atoms with van der Waals surface area (Å²) >= 11 is 0. The largest absolute Gasteiger partial charge is 0.465 e. The molecule has 2 aromatic rings. The Kier molecular flexibility index (Phi) is 5.06. The fourth-order valence-corrected chi connectivity index (χ4v) is 2.00. The van der Waals surface area contributed by atoms with Crippen LogP contribution in [-0.2, 0) is 11.3 Å². The van der Waals surface area contributed by atoms with E-state index in [0.717, 1.165) is 5.69 Å². The van der Waals surface area contributed by atoms with Crippen molar-refractivity contribution in [1.29, 1.82) is 0 Å². The van der Waals surface area contributed by atoms with Crippen LogP contribution < -0.4 is 5.32 Å². The third-order valence-corrected chi connectivity index (χ3v) is 3.41. The maximum absolute atomic E-state index is 11.3. The number of nitrogens with one attached hydrogen (secondary N) is 1. The zero-order valence-corrected chi connectivity index (χ0v) is 12.6. The summed E-state index contributed by atoms with van der Waals surface area (Å²) < 4.78 is 4.65. The molecule has 0 bridgehead atoms. The average molecular weight is 284 g/mol. The van der Waals surface area contributed by atoms with Crippen LogP contribution in [0.2, 0.25) is 0 Å². The van der Waals surface area contributed by atoms with Gasteiger partial charge in [-0.25, -0.2) is 4.79 Å². The molecule has 0 aliphatic heterocycles. The quantitative estimate of drug-likeness (QED) is 0.857. The predicted molar refractivity (Wildman–Crippen MR) is 82.0 cm³/mol. The highest BCUT2D eigenvalue weighted by molar-refractivity contribution is 5.88. The molecule has 110 valence electrons. The maximum Gasteiger partial charge on any atom is 0.339 e. The van der Waals surface area contributed by atoms with E-state index in [4.69, 9.17) is 0 Å². The van der Waals surface area contributed by atoms with Gasteiger partial charge in [0.25, 0.3) is 0 Å². The van der Waals surface area contributed by atoms with E-state index >= 15 is 0 Å². The summed E-state index contributed by atoms with van der Waals surface area (Å²) in [6, 6.07) is 12.3. The highest BCUT2D eigenvalue weighted by atomic mass is 16.5. The minimum atomic E-state index is -0.366. The minimum absolute atomic E-state index is 0.243. The molecule has 4 nitrogen and oxygen atoms in total. The summed E-state index contributed by atoms with van der Waals surface area (Å²) in [5.74, 6) is -0.366. The fourth-order valence-electron chi connectivity index (χ4n) is 2.00. The first-order chi connectivity index (χ1) is 10.1. The summed E-state index contributed by atoms with van der Waals surface area (Å²) in [7, 11) is 1.36. The summed E-state index contributed by atoms with van der Waals surface area (Å²) in [5, 5.41) is 3.42. The molecule has 0 unspecified atom stereocenters. The molecule has 0 aliphatic carbocycles. The molecule has 2 rings (SSSR count). The lowest BCUT2D eigenvalue weighted by atomic mass is 10.1. The van der Waals surface area contributed by atoms with Crippen molar-refractivity contribution in [2.24, 2.45) is 0 Å². The Morgan fingerprint density at radius 1 is 1.24 bits per heavy atom. The van der Waals surface area contributed by atoms with Crippen molar-refractivity contribution in [3.63, 3.8) is 0 Å². The topological polar surface area (TPSA) is 51.2 Å². The number of nitrogens with zero attached hydrogens (tertiary/aromatic N) is 1. The number of aryl methyl sites for hydroxylation is 1. The second-order valence-electron chi connectivity index (χ2n) is 5.04. The number of aromatic nitrogens is 1. The highest BCUT2D eigenvalue weighted by Gasteiger charge is 2.07. The van der Waals surface area contributed by atoms with E-state index in [1.807, 2.05) is 6.07 Å². The van der Waals surface area contributed by atoms with Crippen molar-refractivity contribution < 1.29 is 9.53 Å². The normalized spacial score (nSPS) is 12.0. The van der Waals surface area contributed by atoms with E-state index in [-0.39, 0.29) is 12.0 Å². The maximum atomic E-state index is 11.3. The Labute approximate surface area is 125 Å². The molecule has 21 heavy (non-hydrogen) atoms. The van der Waals surface area contributed by atoms with Gasteiger partial charge >= 0.3 is 5.97 Å². The van der Waals surface area contributed by atoms with Crippen molar-refractivity contribution >= 4 is 5.97 Å². The Balaban J connectivity index is 1.93. The van der Waals surface area contributed by atoms with Gasteiger partial charge in [-0.3, -0.25) is 4.98 Å². The van der Waals surface area contributed by atoms with Gasteiger partial charge in [-0.1, -0.05) is 29.8 Å². The summed E-state index contributed by atoms with van der Waals surface area (Å²) in [4.78, 5) is 15.6. The van der Waals surface area contributed by atoms with Gasteiger partial charge in [0.2, 0.25) is 0 Å². The average Bonchev–Trinajstić information content (AvgIpc) is 2.53. The second kappa shape index (κ2) is 6.99. The lowest BCUT2D eigenvalue weighted by Crippen LogP contribution is -2.18. The van der Waals surface area contributed by atoms with Crippen molar-refractivity contribution in [3.05, 3.63) is 65.0 Å². The van der Waals surface area contributed by atoms with E-state index in [1.165, 1.54) is 18.2 Å². The van der Waals surface area contributed by atoms with Crippen molar-refractivity contribution in [2.75, 3.05) is 7.11 Å². The van der Waals surface area contributed by atoms with E-state index in [1.54, 1.807) is 12.3 Å². The molecule has 0 fully saturated rings. The predicted octanol–water partition coefficient (Wildman–Crippen LogP) is 3.03. The molecule has 0 radical (unpaired) electrons. The first kappa shape index (κ1) is 15.2.